The van der Waals surface area contributed by atoms with Crippen molar-refractivity contribution in [2.75, 3.05) is 0 Å². The summed E-state index contributed by atoms with van der Waals surface area (Å²) < 4.78 is 5.77. The van der Waals surface area contributed by atoms with Crippen molar-refractivity contribution in [2.45, 2.75) is 119 Å². The van der Waals surface area contributed by atoms with Gasteiger partial charge in [-0.2, -0.15) is 0 Å². The fourth-order valence-electron chi connectivity index (χ4n) is 10.1. The molecule has 2 N–H and O–H groups in total. The van der Waals surface area contributed by atoms with Gasteiger partial charge in [0.25, 0.3) is 0 Å². The summed E-state index contributed by atoms with van der Waals surface area (Å²) in [5.41, 5.74) is 3.29. The van der Waals surface area contributed by atoms with Crippen molar-refractivity contribution in [3.63, 3.8) is 0 Å². The molecule has 0 amide bonds. The van der Waals surface area contributed by atoms with Crippen LogP contribution in [-0.2, 0) is 23.9 Å². The molecule has 0 aromatic carbocycles. The molecule has 4 rings (SSSR count). The number of hydrogen-bond donors (Lipinski definition) is 2. The maximum Gasteiger partial charge on any atom is 0.317 e. The van der Waals surface area contributed by atoms with Gasteiger partial charge in [0.05, 0.1) is 5.92 Å². The molecular weight excluding hydrogens is 520 g/mol. The average molecular weight is 571 g/mol. The molecule has 41 heavy (non-hydrogen) atoms. The molecule has 228 valence electrons. The van der Waals surface area contributed by atoms with Gasteiger partial charge in [-0.1, -0.05) is 59.3 Å². The molecule has 0 spiro atoms. The summed E-state index contributed by atoms with van der Waals surface area (Å²) in [5, 5.41) is 18.4. The minimum atomic E-state index is -1.16. The number of hydrogen-bond acceptors (Lipinski definition) is 5. The number of Topliss-reactive ketones (excluding diaryl/α,β-unsaturated/α-hetero) is 1. The molecule has 0 radical (unpaired) electrons. The second-order valence-corrected chi connectivity index (χ2v) is 15.0. The third-order valence-electron chi connectivity index (χ3n) is 12.8. The molecule has 4 aliphatic rings. The molecule has 0 heterocycles. The van der Waals surface area contributed by atoms with E-state index in [0.717, 1.165) is 51.4 Å². The Morgan fingerprint density at radius 2 is 1.59 bits per heavy atom. The van der Waals surface area contributed by atoms with Crippen LogP contribution in [0.25, 0.3) is 0 Å². The van der Waals surface area contributed by atoms with Crippen LogP contribution in [0.15, 0.2) is 23.3 Å². The van der Waals surface area contributed by atoms with Gasteiger partial charge in [0, 0.05) is 17.4 Å². The molecule has 7 nitrogen and oxygen atoms in total. The highest BCUT2D eigenvalue weighted by Gasteiger charge is 2.63. The fourth-order valence-corrected chi connectivity index (χ4v) is 10.1. The SMILES string of the molecule is C=C(C(=O)C[C@@H](C)[C@H]1CC[C@@]2(C)C3=C(CC[C@]12C)[C@@]1(C)CCC(OC(=O)CC(=O)O)C(C)(C)C1CC3)C(C)C(=O)O. The van der Waals surface area contributed by atoms with Crippen LogP contribution in [0, 0.1) is 45.3 Å². The van der Waals surface area contributed by atoms with E-state index in [-0.39, 0.29) is 45.0 Å². The van der Waals surface area contributed by atoms with E-state index in [1.54, 1.807) is 11.1 Å². The van der Waals surface area contributed by atoms with E-state index < -0.39 is 30.2 Å². The van der Waals surface area contributed by atoms with Crippen molar-refractivity contribution in [3.8, 4) is 0 Å². The van der Waals surface area contributed by atoms with Crippen molar-refractivity contribution in [3.05, 3.63) is 23.3 Å². The number of esters is 1. The third kappa shape index (κ3) is 4.99. The Kier molecular flexibility index (Phi) is 8.20. The topological polar surface area (TPSA) is 118 Å². The molecule has 3 unspecified atom stereocenters. The minimum absolute atomic E-state index is 0.0154. The van der Waals surface area contributed by atoms with Gasteiger partial charge in [0.2, 0.25) is 0 Å². The molecule has 2 fully saturated rings. The van der Waals surface area contributed by atoms with Crippen LogP contribution in [0.1, 0.15) is 113 Å². The molecule has 8 atom stereocenters. The molecule has 0 aromatic rings. The summed E-state index contributed by atoms with van der Waals surface area (Å²) >= 11 is 0. The standard InChI is InChI=1S/C34H50O7/c1-19(17-25(35)20(2)21(3)30(39)40)22-11-15-34(8)24-9-10-26-31(4,5)27(41-29(38)18-28(36)37)13-14-32(26,6)23(24)12-16-33(22,34)7/h19,21-22,26-27H,2,9-18H2,1,3-8H3,(H,36,37)(H,39,40)/t19-,21?,22-,26?,27?,32-,33-,34+/m1/s1. The molecular formula is C34H50O7. The van der Waals surface area contributed by atoms with Crippen molar-refractivity contribution >= 4 is 23.7 Å². The van der Waals surface area contributed by atoms with Gasteiger partial charge in [-0.05, 0) is 92.3 Å². The van der Waals surface area contributed by atoms with Gasteiger partial charge >= 0.3 is 17.9 Å². The molecule has 4 aliphatic carbocycles. The van der Waals surface area contributed by atoms with Gasteiger partial charge in [-0.15, -0.1) is 0 Å². The van der Waals surface area contributed by atoms with E-state index in [1.165, 1.54) is 6.92 Å². The largest absolute Gasteiger partial charge is 0.481 e. The smallest absolute Gasteiger partial charge is 0.317 e. The normalized spacial score (nSPS) is 37.2. The Morgan fingerprint density at radius 3 is 2.20 bits per heavy atom. The van der Waals surface area contributed by atoms with Crippen molar-refractivity contribution in [1.82, 2.24) is 0 Å². The summed E-state index contributed by atoms with van der Waals surface area (Å²) in [4.78, 5) is 47.7. The monoisotopic (exact) mass is 570 g/mol. The lowest BCUT2D eigenvalue weighted by atomic mass is 9.43. The summed E-state index contributed by atoms with van der Waals surface area (Å²) in [7, 11) is 0. The minimum Gasteiger partial charge on any atom is -0.481 e. The molecule has 0 aliphatic heterocycles. The van der Waals surface area contributed by atoms with E-state index in [4.69, 9.17) is 9.84 Å². The molecule has 2 saturated carbocycles. The predicted octanol–water partition coefficient (Wildman–Crippen LogP) is 6.99. The first kappa shape index (κ1) is 31.5. The van der Waals surface area contributed by atoms with Crippen LogP contribution < -0.4 is 0 Å². The number of rotatable bonds is 9. The lowest BCUT2D eigenvalue weighted by molar-refractivity contribution is -0.172. The highest BCUT2D eigenvalue weighted by atomic mass is 16.5. The highest BCUT2D eigenvalue weighted by molar-refractivity contribution is 5.99. The number of carbonyl (C=O) groups is 4. The lowest BCUT2D eigenvalue weighted by Gasteiger charge is -2.62. The third-order valence-corrected chi connectivity index (χ3v) is 12.8. The molecule has 0 bridgehead atoms. The maximum atomic E-state index is 13.0. The summed E-state index contributed by atoms with van der Waals surface area (Å²) in [6.45, 7) is 19.2. The van der Waals surface area contributed by atoms with Crippen LogP contribution in [0.2, 0.25) is 0 Å². The zero-order valence-electron chi connectivity index (χ0n) is 26.1. The Labute approximate surface area is 245 Å². The van der Waals surface area contributed by atoms with E-state index in [2.05, 4.69) is 48.1 Å². The summed E-state index contributed by atoms with van der Waals surface area (Å²) in [6, 6.07) is 0. The van der Waals surface area contributed by atoms with E-state index >= 15 is 0 Å². The first-order valence-electron chi connectivity index (χ1n) is 15.5. The molecule has 7 heteroatoms. The van der Waals surface area contributed by atoms with Crippen LogP contribution in [0.4, 0.5) is 0 Å². The van der Waals surface area contributed by atoms with Crippen molar-refractivity contribution < 1.29 is 34.1 Å². The summed E-state index contributed by atoms with van der Waals surface area (Å²) in [5.74, 6) is -2.94. The van der Waals surface area contributed by atoms with E-state index in [1.807, 2.05) is 0 Å². The fraction of sp³-hybridized carbons (Fsp3) is 0.765. The van der Waals surface area contributed by atoms with Gasteiger partial charge < -0.3 is 14.9 Å². The number of aliphatic carboxylic acids is 2. The Hall–Kier alpha value is -2.44. The number of ketones is 1. The van der Waals surface area contributed by atoms with Gasteiger partial charge in [-0.25, -0.2) is 0 Å². The van der Waals surface area contributed by atoms with Gasteiger partial charge in [-0.3, -0.25) is 19.2 Å². The van der Waals surface area contributed by atoms with Gasteiger partial charge in [0.15, 0.2) is 5.78 Å². The Morgan fingerprint density at radius 1 is 0.927 bits per heavy atom. The van der Waals surface area contributed by atoms with Crippen LogP contribution >= 0.6 is 0 Å². The lowest BCUT2D eigenvalue weighted by Crippen LogP contribution is -2.56. The Balaban J connectivity index is 1.57. The predicted molar refractivity (Wildman–Crippen MR) is 156 cm³/mol. The van der Waals surface area contributed by atoms with Crippen LogP contribution in [0.5, 0.6) is 0 Å². The average Bonchev–Trinajstić information content (AvgIpc) is 3.15. The van der Waals surface area contributed by atoms with E-state index in [0.29, 0.717) is 18.3 Å². The highest BCUT2D eigenvalue weighted by Crippen LogP contribution is 2.72. The summed E-state index contributed by atoms with van der Waals surface area (Å²) in [6.07, 6.45) is 7.42. The second kappa shape index (κ2) is 10.7. The number of carboxylic acids is 2. The first-order chi connectivity index (χ1) is 18.9. The number of fused-ring (bicyclic) bond motifs is 4. The zero-order chi connectivity index (χ0) is 30.7. The van der Waals surface area contributed by atoms with Crippen molar-refractivity contribution in [2.24, 2.45) is 45.3 Å². The zero-order valence-corrected chi connectivity index (χ0v) is 26.1. The van der Waals surface area contributed by atoms with E-state index in [9.17, 15) is 24.3 Å². The van der Waals surface area contributed by atoms with Gasteiger partial charge in [0.1, 0.15) is 12.5 Å². The first-order valence-corrected chi connectivity index (χ1v) is 15.5. The number of allylic oxidation sites excluding steroid dienone is 2. The van der Waals surface area contributed by atoms with Crippen LogP contribution in [-0.4, -0.2) is 40.0 Å². The number of carboxylic acid groups (broad SMARTS) is 2. The number of carbonyl (C=O) groups excluding carboxylic acids is 2. The molecule has 0 saturated heterocycles. The van der Waals surface area contributed by atoms with Crippen molar-refractivity contribution in [1.29, 1.82) is 0 Å². The maximum absolute atomic E-state index is 13.0. The Bertz CT molecular complexity index is 1180. The quantitative estimate of drug-likeness (QED) is 0.133. The molecule has 0 aromatic heterocycles. The number of ether oxygens (including phenoxy) is 1. The second-order valence-electron chi connectivity index (χ2n) is 15.0. The van der Waals surface area contributed by atoms with Crippen LogP contribution in [0.3, 0.4) is 0 Å².